The first kappa shape index (κ1) is 27.5. The summed E-state index contributed by atoms with van der Waals surface area (Å²) in [7, 11) is -2.44. The van der Waals surface area contributed by atoms with Crippen molar-refractivity contribution in [3.63, 3.8) is 0 Å². The van der Waals surface area contributed by atoms with E-state index in [4.69, 9.17) is 0 Å². The molecule has 0 aliphatic rings. The summed E-state index contributed by atoms with van der Waals surface area (Å²) in [5.41, 5.74) is 1.99. The largest absolute Gasteiger partial charge is 0.354 e. The monoisotopic (exact) mass is 487 g/mol. The van der Waals surface area contributed by atoms with Crippen LogP contribution >= 0.6 is 0 Å². The molecule has 0 unspecified atom stereocenters. The molecule has 34 heavy (non-hydrogen) atoms. The van der Waals surface area contributed by atoms with Gasteiger partial charge in [-0.1, -0.05) is 68.3 Å². The van der Waals surface area contributed by atoms with Gasteiger partial charge in [-0.2, -0.15) is 4.31 Å². The number of unbranched alkanes of at least 4 members (excludes halogenated alkanes) is 1. The lowest BCUT2D eigenvalue weighted by molar-refractivity contribution is -0.140. The third-order valence-corrected chi connectivity index (χ3v) is 7.60. The van der Waals surface area contributed by atoms with E-state index < -0.39 is 22.0 Å². The Labute approximate surface area is 204 Å². The molecule has 2 amide bonds. The number of rotatable bonds is 13. The summed E-state index contributed by atoms with van der Waals surface area (Å²) >= 11 is 0. The highest BCUT2D eigenvalue weighted by molar-refractivity contribution is 7.89. The molecule has 186 valence electrons. The lowest BCUT2D eigenvalue weighted by atomic mass is 10.1. The molecule has 7 nitrogen and oxygen atoms in total. The molecule has 1 N–H and O–H groups in total. The molecule has 0 heterocycles. The number of nitrogens with zero attached hydrogens (tertiary/aromatic N) is 2. The zero-order chi connectivity index (χ0) is 25.1. The van der Waals surface area contributed by atoms with Gasteiger partial charge in [-0.3, -0.25) is 9.59 Å². The molecule has 0 bridgehead atoms. The smallest absolute Gasteiger partial charge is 0.243 e. The van der Waals surface area contributed by atoms with Gasteiger partial charge in [0.05, 0.1) is 11.4 Å². The van der Waals surface area contributed by atoms with Gasteiger partial charge in [0.25, 0.3) is 0 Å². The Morgan fingerprint density at radius 3 is 2.24 bits per heavy atom. The number of benzene rings is 2. The van der Waals surface area contributed by atoms with Crippen LogP contribution in [-0.4, -0.2) is 62.2 Å². The maximum atomic E-state index is 13.4. The summed E-state index contributed by atoms with van der Waals surface area (Å²) in [4.78, 5) is 27.9. The van der Waals surface area contributed by atoms with E-state index >= 15 is 0 Å². The van der Waals surface area contributed by atoms with E-state index in [0.29, 0.717) is 25.9 Å². The van der Waals surface area contributed by atoms with Crippen molar-refractivity contribution in [2.45, 2.75) is 57.4 Å². The highest BCUT2D eigenvalue weighted by atomic mass is 32.2. The lowest BCUT2D eigenvalue weighted by Gasteiger charge is -2.32. The fourth-order valence-electron chi connectivity index (χ4n) is 3.66. The van der Waals surface area contributed by atoms with Crippen molar-refractivity contribution in [2.75, 3.05) is 26.7 Å². The molecule has 0 aliphatic heterocycles. The number of carbonyl (C=O) groups is 2. The van der Waals surface area contributed by atoms with Crippen LogP contribution in [0.15, 0.2) is 59.5 Å². The zero-order valence-corrected chi connectivity index (χ0v) is 21.5. The van der Waals surface area contributed by atoms with Crippen molar-refractivity contribution in [1.82, 2.24) is 14.5 Å². The normalized spacial score (nSPS) is 12.4. The van der Waals surface area contributed by atoms with Crippen LogP contribution in [0.4, 0.5) is 0 Å². The summed E-state index contributed by atoms with van der Waals surface area (Å²) in [5.74, 6) is -0.604. The number of likely N-dealkylation sites (N-methyl/N-ethyl adjacent to an activating group) is 1. The van der Waals surface area contributed by atoms with Crippen LogP contribution in [0.25, 0.3) is 0 Å². The average molecular weight is 488 g/mol. The molecule has 2 aromatic carbocycles. The van der Waals surface area contributed by atoms with Gasteiger partial charge in [0, 0.05) is 20.1 Å². The van der Waals surface area contributed by atoms with Crippen molar-refractivity contribution < 1.29 is 18.0 Å². The molecule has 2 aromatic rings. The minimum Gasteiger partial charge on any atom is -0.354 e. The van der Waals surface area contributed by atoms with Crippen LogP contribution in [0.3, 0.4) is 0 Å². The summed E-state index contributed by atoms with van der Waals surface area (Å²) in [6.07, 6.45) is 2.82. The first-order chi connectivity index (χ1) is 16.2. The van der Waals surface area contributed by atoms with Gasteiger partial charge in [-0.05, 0) is 43.9 Å². The molecular formula is C26H37N3O4S. The van der Waals surface area contributed by atoms with E-state index in [-0.39, 0.29) is 17.3 Å². The summed E-state index contributed by atoms with van der Waals surface area (Å²) in [5, 5.41) is 2.92. The van der Waals surface area contributed by atoms with E-state index in [2.05, 4.69) is 5.32 Å². The number of hydrogen-bond acceptors (Lipinski definition) is 4. The van der Waals surface area contributed by atoms with Crippen molar-refractivity contribution in [3.8, 4) is 0 Å². The zero-order valence-electron chi connectivity index (χ0n) is 20.7. The number of aryl methyl sites for hydroxylation is 1. The second kappa shape index (κ2) is 13.2. The maximum absolute atomic E-state index is 13.4. The van der Waals surface area contributed by atoms with Crippen LogP contribution in [-0.2, 0) is 26.0 Å². The Hall–Kier alpha value is -2.71. The van der Waals surface area contributed by atoms with E-state index in [0.717, 1.165) is 28.3 Å². The van der Waals surface area contributed by atoms with Crippen molar-refractivity contribution in [2.24, 2.45) is 0 Å². The quantitative estimate of drug-likeness (QED) is 0.439. The average Bonchev–Trinajstić information content (AvgIpc) is 2.82. The van der Waals surface area contributed by atoms with Gasteiger partial charge in [0.15, 0.2) is 0 Å². The van der Waals surface area contributed by atoms with Crippen LogP contribution in [0.2, 0.25) is 0 Å². The molecule has 0 fully saturated rings. The fourth-order valence-corrected chi connectivity index (χ4v) is 4.78. The summed E-state index contributed by atoms with van der Waals surface area (Å²) in [6, 6.07) is 15.6. The summed E-state index contributed by atoms with van der Waals surface area (Å²) in [6.45, 7) is 6.31. The number of nitrogens with one attached hydrogen (secondary N) is 1. The minimum atomic E-state index is -3.84. The standard InChI is InChI=1S/C26H37N3O4S/c1-5-7-18-27-26(31)24(6-2)29(19-17-22-11-9-8-10-12-22)25(30)20-28(4)34(32,33)23-15-13-21(3)14-16-23/h8-16,24H,5-7,17-20H2,1-4H3,(H,27,31)/t24-/m0/s1. The topological polar surface area (TPSA) is 86.8 Å². The summed E-state index contributed by atoms with van der Waals surface area (Å²) < 4.78 is 27.1. The van der Waals surface area contributed by atoms with E-state index in [1.165, 1.54) is 24.1 Å². The van der Waals surface area contributed by atoms with E-state index in [1.807, 2.05) is 51.1 Å². The maximum Gasteiger partial charge on any atom is 0.243 e. The molecule has 2 rings (SSSR count). The third-order valence-electron chi connectivity index (χ3n) is 5.79. The Morgan fingerprint density at radius 2 is 1.65 bits per heavy atom. The van der Waals surface area contributed by atoms with Gasteiger partial charge in [-0.15, -0.1) is 0 Å². The second-order valence-corrected chi connectivity index (χ2v) is 10.5. The van der Waals surface area contributed by atoms with Crippen molar-refractivity contribution in [3.05, 3.63) is 65.7 Å². The minimum absolute atomic E-state index is 0.133. The Morgan fingerprint density at radius 1 is 1.00 bits per heavy atom. The second-order valence-electron chi connectivity index (χ2n) is 8.47. The number of hydrogen-bond donors (Lipinski definition) is 1. The Bertz CT molecular complexity index is 1020. The predicted molar refractivity (Wildman–Crippen MR) is 135 cm³/mol. The molecule has 0 aliphatic carbocycles. The van der Waals surface area contributed by atoms with Gasteiger partial charge >= 0.3 is 0 Å². The van der Waals surface area contributed by atoms with E-state index in [1.54, 1.807) is 12.1 Å². The molecule has 1 atom stereocenters. The number of amides is 2. The van der Waals surface area contributed by atoms with Crippen LogP contribution in [0.5, 0.6) is 0 Å². The highest BCUT2D eigenvalue weighted by Gasteiger charge is 2.31. The molecular weight excluding hydrogens is 450 g/mol. The SMILES string of the molecule is CCCCNC(=O)[C@H](CC)N(CCc1ccccc1)C(=O)CN(C)S(=O)(=O)c1ccc(C)cc1. The molecule has 0 radical (unpaired) electrons. The van der Waals surface area contributed by atoms with Gasteiger partial charge in [0.1, 0.15) is 6.04 Å². The van der Waals surface area contributed by atoms with E-state index in [9.17, 15) is 18.0 Å². The third kappa shape index (κ3) is 7.67. The number of sulfonamides is 1. The van der Waals surface area contributed by atoms with Crippen molar-refractivity contribution in [1.29, 1.82) is 0 Å². The van der Waals surface area contributed by atoms with Crippen LogP contribution in [0.1, 0.15) is 44.2 Å². The van der Waals surface area contributed by atoms with Crippen LogP contribution in [0, 0.1) is 6.92 Å². The van der Waals surface area contributed by atoms with Crippen molar-refractivity contribution >= 4 is 21.8 Å². The molecule has 0 spiro atoms. The molecule has 0 saturated heterocycles. The lowest BCUT2D eigenvalue weighted by Crippen LogP contribution is -2.52. The predicted octanol–water partition coefficient (Wildman–Crippen LogP) is 3.38. The van der Waals surface area contributed by atoms with Gasteiger partial charge in [-0.25, -0.2) is 8.42 Å². The van der Waals surface area contributed by atoms with Gasteiger partial charge < -0.3 is 10.2 Å². The first-order valence-corrected chi connectivity index (χ1v) is 13.3. The van der Waals surface area contributed by atoms with Crippen LogP contribution < -0.4 is 5.32 Å². The Balaban J connectivity index is 2.22. The highest BCUT2D eigenvalue weighted by Crippen LogP contribution is 2.16. The fraction of sp³-hybridized carbons (Fsp3) is 0.462. The Kier molecular flexibility index (Phi) is 10.7. The molecule has 0 aromatic heterocycles. The number of carbonyl (C=O) groups excluding carboxylic acids is 2. The molecule has 0 saturated carbocycles. The molecule has 8 heteroatoms. The van der Waals surface area contributed by atoms with Gasteiger partial charge in [0.2, 0.25) is 21.8 Å². The first-order valence-electron chi connectivity index (χ1n) is 11.8.